The Bertz CT molecular complexity index is 2210. The van der Waals surface area contributed by atoms with Gasteiger partial charge in [0, 0.05) is 0 Å². The number of carboxylic acids is 1. The summed E-state index contributed by atoms with van der Waals surface area (Å²) in [6.45, 7) is -1.22. The van der Waals surface area contributed by atoms with Crippen molar-refractivity contribution in [3.63, 3.8) is 0 Å². The molecule has 1 unspecified atom stereocenters. The molecule has 0 radical (unpaired) electrons. The lowest BCUT2D eigenvalue weighted by atomic mass is 9.80. The maximum absolute atomic E-state index is 14.3. The number of methoxy groups -OCH3 is 1. The van der Waals surface area contributed by atoms with Crippen LogP contribution in [0.1, 0.15) is 33.5 Å². The van der Waals surface area contributed by atoms with E-state index in [1.54, 1.807) is 66.7 Å². The summed E-state index contributed by atoms with van der Waals surface area (Å²) in [5.74, 6) is -1.70. The molecule has 1 fully saturated rings. The molecule has 0 amide bonds. The molecule has 318 valence electrons. The third-order valence-electron chi connectivity index (χ3n) is 9.73. The van der Waals surface area contributed by atoms with Gasteiger partial charge >= 0.3 is 18.3 Å². The van der Waals surface area contributed by atoms with Gasteiger partial charge in [-0.2, -0.15) is 0 Å². The maximum atomic E-state index is 14.3. The lowest BCUT2D eigenvalue weighted by Gasteiger charge is -2.42. The predicted molar refractivity (Wildman–Crippen MR) is 215 cm³/mol. The van der Waals surface area contributed by atoms with Crippen LogP contribution in [0.5, 0.6) is 11.5 Å². The van der Waals surface area contributed by atoms with Crippen LogP contribution in [0, 0.1) is 5.41 Å². The number of aliphatic hydroxyl groups is 2. The van der Waals surface area contributed by atoms with E-state index >= 15 is 0 Å². The molecule has 0 bridgehead atoms. The minimum Gasteiger partial charge on any atom is -0.497 e. The van der Waals surface area contributed by atoms with Crippen molar-refractivity contribution in [3.8, 4) is 11.5 Å². The zero-order chi connectivity index (χ0) is 43.2. The Kier molecular flexibility index (Phi) is 14.9. The van der Waals surface area contributed by atoms with Gasteiger partial charge in [-0.1, -0.05) is 109 Å². The molecular formula is C46H44O15. The van der Waals surface area contributed by atoms with Crippen molar-refractivity contribution in [1.29, 1.82) is 0 Å². The van der Waals surface area contributed by atoms with Crippen molar-refractivity contribution in [3.05, 3.63) is 168 Å². The number of benzene rings is 4. The number of hydrogen-bond acceptors (Lipinski definition) is 14. The number of carboxylic acid groups (broad SMARTS) is 1. The second-order valence-corrected chi connectivity index (χ2v) is 13.8. The molecular weight excluding hydrogens is 792 g/mol. The number of aliphatic carboxylic acids is 1. The van der Waals surface area contributed by atoms with Crippen LogP contribution in [0.4, 0.5) is 9.59 Å². The highest BCUT2D eigenvalue weighted by atomic mass is 16.8. The maximum Gasteiger partial charge on any atom is 0.509 e. The third kappa shape index (κ3) is 11.4. The van der Waals surface area contributed by atoms with E-state index in [9.17, 15) is 34.5 Å². The van der Waals surface area contributed by atoms with Crippen LogP contribution in [0.15, 0.2) is 145 Å². The highest BCUT2D eigenvalue weighted by Gasteiger charge is 2.52. The minimum absolute atomic E-state index is 0.0133. The largest absolute Gasteiger partial charge is 0.509 e. The van der Waals surface area contributed by atoms with Crippen molar-refractivity contribution in [2.24, 2.45) is 5.41 Å². The van der Waals surface area contributed by atoms with Gasteiger partial charge in [-0.05, 0) is 53.5 Å². The fourth-order valence-electron chi connectivity index (χ4n) is 6.40. The number of aliphatic hydroxyl groups excluding tert-OH is 2. The molecule has 6 rings (SSSR count). The van der Waals surface area contributed by atoms with Gasteiger partial charge in [0.05, 0.1) is 13.7 Å². The molecule has 0 aromatic heterocycles. The number of rotatable bonds is 17. The number of hydrogen-bond donors (Lipinski definition) is 3. The Morgan fingerprint density at radius 1 is 0.754 bits per heavy atom. The molecule has 15 nitrogen and oxygen atoms in total. The fraction of sp³-hybridized carbons (Fsp3) is 0.261. The average Bonchev–Trinajstić information content (AvgIpc) is 3.29. The van der Waals surface area contributed by atoms with E-state index in [4.69, 9.17) is 37.9 Å². The molecule has 0 saturated carbocycles. The van der Waals surface area contributed by atoms with Gasteiger partial charge in [0.25, 0.3) is 0 Å². The van der Waals surface area contributed by atoms with Crippen molar-refractivity contribution in [2.75, 3.05) is 13.7 Å². The molecule has 15 heteroatoms. The summed E-state index contributed by atoms with van der Waals surface area (Å²) in [5.41, 5.74) is 0.219. The molecule has 4 aromatic rings. The second kappa shape index (κ2) is 20.8. The lowest BCUT2D eigenvalue weighted by Crippen LogP contribution is -2.62. The summed E-state index contributed by atoms with van der Waals surface area (Å²) in [5, 5.41) is 31.9. The van der Waals surface area contributed by atoms with Crippen LogP contribution in [-0.2, 0) is 53.0 Å². The Hall–Kier alpha value is -6.94. The molecule has 61 heavy (non-hydrogen) atoms. The SMILES string of the molecule is COC1=CCC(C=CC(=O)c2c(OCc3ccccc3)cccc2O[C@@H]2O[C@H](CO)[C@@H](O)[C@H](OC(=O)OCc3ccccc3)[C@H]2OC(=O)OCc2ccccc2)(C(=O)O)C=C1. The van der Waals surface area contributed by atoms with E-state index in [0.29, 0.717) is 16.9 Å². The van der Waals surface area contributed by atoms with E-state index < -0.39 is 66.8 Å². The number of ketones is 1. The summed E-state index contributed by atoms with van der Waals surface area (Å²) in [7, 11) is 1.45. The van der Waals surface area contributed by atoms with Crippen molar-refractivity contribution in [1.82, 2.24) is 0 Å². The van der Waals surface area contributed by atoms with Gasteiger partial charge in [-0.25, -0.2) is 9.59 Å². The van der Waals surface area contributed by atoms with Gasteiger partial charge in [0.2, 0.25) is 12.4 Å². The third-order valence-corrected chi connectivity index (χ3v) is 9.73. The minimum atomic E-state index is -1.80. The van der Waals surface area contributed by atoms with Crippen LogP contribution in [0.3, 0.4) is 0 Å². The highest BCUT2D eigenvalue weighted by molar-refractivity contribution is 6.09. The zero-order valence-corrected chi connectivity index (χ0v) is 32.9. The normalized spacial score (nSPS) is 22.0. The monoisotopic (exact) mass is 836 g/mol. The molecule has 6 atom stereocenters. The van der Waals surface area contributed by atoms with Crippen LogP contribution < -0.4 is 9.47 Å². The first-order chi connectivity index (χ1) is 29.6. The molecule has 1 heterocycles. The average molecular weight is 837 g/mol. The van der Waals surface area contributed by atoms with E-state index in [2.05, 4.69) is 0 Å². The van der Waals surface area contributed by atoms with E-state index in [-0.39, 0.29) is 43.3 Å². The van der Waals surface area contributed by atoms with Crippen LogP contribution in [-0.4, -0.2) is 83.8 Å². The first kappa shape index (κ1) is 43.6. The van der Waals surface area contributed by atoms with Crippen molar-refractivity contribution in [2.45, 2.75) is 56.9 Å². The zero-order valence-electron chi connectivity index (χ0n) is 32.9. The summed E-state index contributed by atoms with van der Waals surface area (Å²) in [6, 6.07) is 30.9. The van der Waals surface area contributed by atoms with Gasteiger partial charge in [0.15, 0.2) is 11.9 Å². The molecule has 1 aliphatic heterocycles. The van der Waals surface area contributed by atoms with Crippen molar-refractivity contribution < 1.29 is 72.4 Å². The molecule has 4 aromatic carbocycles. The Morgan fingerprint density at radius 3 is 1.84 bits per heavy atom. The number of carbonyl (C=O) groups excluding carboxylic acids is 3. The smallest absolute Gasteiger partial charge is 0.497 e. The Morgan fingerprint density at radius 2 is 1.31 bits per heavy atom. The molecule has 2 aliphatic rings. The van der Waals surface area contributed by atoms with E-state index in [1.807, 2.05) is 30.3 Å². The number of carbonyl (C=O) groups is 4. The molecule has 1 aliphatic carbocycles. The van der Waals surface area contributed by atoms with E-state index in [0.717, 1.165) is 11.6 Å². The number of ether oxygens (including phenoxy) is 8. The topological polar surface area (TPSA) is 203 Å². The second-order valence-electron chi connectivity index (χ2n) is 13.8. The molecule has 3 N–H and O–H groups in total. The van der Waals surface area contributed by atoms with Gasteiger partial charge in [-0.3, -0.25) is 9.59 Å². The quantitative estimate of drug-likeness (QED) is 0.0593. The van der Waals surface area contributed by atoms with Crippen LogP contribution in [0.25, 0.3) is 0 Å². The first-order valence-corrected chi connectivity index (χ1v) is 19.1. The summed E-state index contributed by atoms with van der Waals surface area (Å²) >= 11 is 0. The standard InChI is InChI=1S/C46H44O15/c1-54-33-20-23-46(24-21-33,43(50)51)25-22-34(48)38-35(55-27-30-12-5-2-6-13-30)18-11-19-36(38)58-42-41(61-45(53)57-29-32-16-9-4-10-17-32)40(39(49)37(26-47)59-42)60-44(52)56-28-31-14-7-3-8-15-31/h2-23,25,37,39-42,47,49H,24,26-29H2,1H3,(H,50,51)/t37-,39-,40+,41-,42-,46?/m1/s1. The summed E-state index contributed by atoms with van der Waals surface area (Å²) < 4.78 is 45.4. The lowest BCUT2D eigenvalue weighted by molar-refractivity contribution is -0.280. The van der Waals surface area contributed by atoms with Gasteiger partial charge in [-0.15, -0.1) is 0 Å². The number of allylic oxidation sites excluding steroid dienone is 3. The van der Waals surface area contributed by atoms with E-state index in [1.165, 1.54) is 43.5 Å². The van der Waals surface area contributed by atoms with Crippen molar-refractivity contribution >= 4 is 24.1 Å². The summed E-state index contributed by atoms with van der Waals surface area (Å²) in [4.78, 5) is 53.3. The molecule has 0 spiro atoms. The van der Waals surface area contributed by atoms with Crippen LogP contribution >= 0.6 is 0 Å². The predicted octanol–water partition coefficient (Wildman–Crippen LogP) is 6.47. The Balaban J connectivity index is 1.34. The first-order valence-electron chi connectivity index (χ1n) is 19.1. The highest BCUT2D eigenvalue weighted by Crippen LogP contribution is 2.37. The summed E-state index contributed by atoms with van der Waals surface area (Å²) in [6.07, 6.45) is -4.39. The van der Waals surface area contributed by atoms with Gasteiger partial charge < -0.3 is 53.2 Å². The Labute approximate surface area is 350 Å². The van der Waals surface area contributed by atoms with Gasteiger partial charge in [0.1, 0.15) is 60.3 Å². The van der Waals surface area contributed by atoms with Crippen LogP contribution in [0.2, 0.25) is 0 Å². The molecule has 1 saturated heterocycles. The fourth-order valence-corrected chi connectivity index (χ4v) is 6.40.